The molecule has 2 heterocycles. The first-order valence-corrected chi connectivity index (χ1v) is 6.20. The lowest BCUT2D eigenvalue weighted by Crippen LogP contribution is -2.23. The number of benzene rings is 1. The highest BCUT2D eigenvalue weighted by molar-refractivity contribution is 7.10. The van der Waals surface area contributed by atoms with Gasteiger partial charge in [0, 0.05) is 17.8 Å². The number of hydrogen-bond acceptors (Lipinski definition) is 4. The fourth-order valence-corrected chi connectivity index (χ4v) is 2.32. The highest BCUT2D eigenvalue weighted by atomic mass is 32.1. The van der Waals surface area contributed by atoms with Crippen LogP contribution in [0.1, 0.15) is 25.7 Å². The van der Waals surface area contributed by atoms with Gasteiger partial charge in [-0.1, -0.05) is 12.1 Å². The van der Waals surface area contributed by atoms with Crippen LogP contribution in [0.4, 0.5) is 0 Å². The Balaban J connectivity index is 1.93. The molecule has 1 aliphatic heterocycles. The summed E-state index contributed by atoms with van der Waals surface area (Å²) >= 11 is 1.45. The lowest BCUT2D eigenvalue weighted by atomic mass is 10.1. The van der Waals surface area contributed by atoms with Crippen molar-refractivity contribution in [1.82, 2.24) is 9.88 Å². The average Bonchev–Trinajstić information content (AvgIpc) is 2.98. The highest BCUT2D eigenvalue weighted by Crippen LogP contribution is 2.23. The molecule has 5 heteroatoms. The lowest BCUT2D eigenvalue weighted by molar-refractivity contribution is 0.0722. The van der Waals surface area contributed by atoms with Gasteiger partial charge in [0.05, 0.1) is 11.1 Å². The Bertz CT molecular complexity index is 612. The van der Waals surface area contributed by atoms with E-state index in [0.717, 1.165) is 9.91 Å². The molecule has 3 rings (SSSR count). The zero-order valence-electron chi connectivity index (χ0n) is 9.24. The second-order valence-electron chi connectivity index (χ2n) is 3.71. The van der Waals surface area contributed by atoms with Gasteiger partial charge in [0.1, 0.15) is 5.01 Å². The normalized spacial score (nSPS) is 14.6. The van der Waals surface area contributed by atoms with Crippen LogP contribution in [-0.4, -0.2) is 21.7 Å². The molecular weight excluding hydrogens is 248 g/mol. The molecule has 0 unspecified atom stereocenters. The van der Waals surface area contributed by atoms with Crippen molar-refractivity contribution in [3.05, 3.63) is 58.2 Å². The second-order valence-corrected chi connectivity index (χ2v) is 4.64. The maximum atomic E-state index is 12.0. The number of amides is 2. The molecule has 88 valence electrons. The molecule has 2 aromatic rings. The van der Waals surface area contributed by atoms with Crippen molar-refractivity contribution in [2.24, 2.45) is 0 Å². The van der Waals surface area contributed by atoms with Crippen LogP contribution in [0.15, 0.2) is 42.0 Å². The summed E-state index contributed by atoms with van der Waals surface area (Å²) in [6, 6.07) is 6.82. The summed E-state index contributed by atoms with van der Waals surface area (Å²) < 4.78 is 0. The van der Waals surface area contributed by atoms with E-state index in [1.807, 2.05) is 5.38 Å². The zero-order valence-corrected chi connectivity index (χ0v) is 10.1. The van der Waals surface area contributed by atoms with E-state index < -0.39 is 0 Å². The Morgan fingerprint density at radius 2 is 1.78 bits per heavy atom. The Morgan fingerprint density at radius 1 is 1.11 bits per heavy atom. The van der Waals surface area contributed by atoms with Crippen molar-refractivity contribution in [1.29, 1.82) is 0 Å². The van der Waals surface area contributed by atoms with Gasteiger partial charge in [-0.2, -0.15) is 0 Å². The van der Waals surface area contributed by atoms with E-state index in [9.17, 15) is 9.59 Å². The smallest absolute Gasteiger partial charge is 0.265 e. The van der Waals surface area contributed by atoms with Crippen LogP contribution in [0.2, 0.25) is 0 Å². The van der Waals surface area contributed by atoms with E-state index in [1.54, 1.807) is 36.5 Å². The Hall–Kier alpha value is -2.27. The van der Waals surface area contributed by atoms with Crippen molar-refractivity contribution < 1.29 is 9.59 Å². The van der Waals surface area contributed by atoms with Crippen molar-refractivity contribution >= 4 is 29.2 Å². The molecule has 0 bridgehead atoms. The molecule has 0 N–H and O–H groups in total. The molecule has 0 radical (unpaired) electrons. The van der Waals surface area contributed by atoms with Gasteiger partial charge in [-0.15, -0.1) is 11.3 Å². The number of nitrogens with zero attached hydrogens (tertiary/aromatic N) is 2. The molecular formula is C13H8N2O2S. The van der Waals surface area contributed by atoms with Crippen molar-refractivity contribution in [3.8, 4) is 0 Å². The summed E-state index contributed by atoms with van der Waals surface area (Å²) in [4.78, 5) is 29.2. The van der Waals surface area contributed by atoms with Crippen LogP contribution in [0, 0.1) is 0 Å². The van der Waals surface area contributed by atoms with Gasteiger partial charge in [0.15, 0.2) is 0 Å². The monoisotopic (exact) mass is 256 g/mol. The van der Waals surface area contributed by atoms with Gasteiger partial charge in [-0.05, 0) is 18.2 Å². The standard InChI is InChI=1S/C13H8N2O2S/c16-12-9-3-1-2-4-10(9)13(17)15(12)7-5-11-14-6-8-18-11/h1-8H/b7-5+. The minimum Gasteiger partial charge on any atom is -0.268 e. The van der Waals surface area contributed by atoms with E-state index in [0.29, 0.717) is 11.1 Å². The van der Waals surface area contributed by atoms with Gasteiger partial charge >= 0.3 is 0 Å². The number of carbonyl (C=O) groups excluding carboxylic acids is 2. The van der Waals surface area contributed by atoms with Crippen LogP contribution >= 0.6 is 11.3 Å². The third-order valence-corrected chi connectivity index (χ3v) is 3.38. The first-order valence-electron chi connectivity index (χ1n) is 5.32. The summed E-state index contributed by atoms with van der Waals surface area (Å²) in [5, 5.41) is 2.59. The Labute approximate surface area is 107 Å². The van der Waals surface area contributed by atoms with Gasteiger partial charge < -0.3 is 0 Å². The SMILES string of the molecule is O=C1c2ccccc2C(=O)N1/C=C/c1nccs1. The third-order valence-electron chi connectivity index (χ3n) is 2.64. The first kappa shape index (κ1) is 10.9. The van der Waals surface area contributed by atoms with Crippen LogP contribution in [0.3, 0.4) is 0 Å². The van der Waals surface area contributed by atoms with Crippen molar-refractivity contribution in [2.45, 2.75) is 0 Å². The molecule has 0 spiro atoms. The summed E-state index contributed by atoms with van der Waals surface area (Å²) in [5.41, 5.74) is 0.901. The van der Waals surface area contributed by atoms with Crippen LogP contribution in [-0.2, 0) is 0 Å². The van der Waals surface area contributed by atoms with E-state index in [2.05, 4.69) is 4.98 Å². The zero-order chi connectivity index (χ0) is 12.5. The van der Waals surface area contributed by atoms with Crippen LogP contribution in [0.25, 0.3) is 6.08 Å². The molecule has 0 fully saturated rings. The minimum absolute atomic E-state index is 0.289. The van der Waals surface area contributed by atoms with Crippen LogP contribution in [0.5, 0.6) is 0 Å². The molecule has 2 amide bonds. The molecule has 18 heavy (non-hydrogen) atoms. The highest BCUT2D eigenvalue weighted by Gasteiger charge is 2.33. The minimum atomic E-state index is -0.289. The maximum absolute atomic E-state index is 12.0. The number of rotatable bonds is 2. The predicted molar refractivity (Wildman–Crippen MR) is 68.1 cm³/mol. The summed E-state index contributed by atoms with van der Waals surface area (Å²) in [6.45, 7) is 0. The molecule has 1 aliphatic rings. The molecule has 0 saturated heterocycles. The average molecular weight is 256 g/mol. The number of aromatic nitrogens is 1. The van der Waals surface area contributed by atoms with Gasteiger partial charge in [-0.25, -0.2) is 9.88 Å². The Kier molecular flexibility index (Phi) is 2.53. The van der Waals surface area contributed by atoms with Crippen LogP contribution < -0.4 is 0 Å². The quantitative estimate of drug-likeness (QED) is 0.775. The van der Waals surface area contributed by atoms with E-state index in [-0.39, 0.29) is 11.8 Å². The third kappa shape index (κ3) is 1.65. The molecule has 4 nitrogen and oxygen atoms in total. The fourth-order valence-electron chi connectivity index (χ4n) is 1.80. The summed E-state index contributed by atoms with van der Waals surface area (Å²) in [6.07, 6.45) is 4.81. The Morgan fingerprint density at radius 3 is 2.33 bits per heavy atom. The van der Waals surface area contributed by atoms with Gasteiger partial charge in [0.2, 0.25) is 0 Å². The maximum Gasteiger partial charge on any atom is 0.265 e. The van der Waals surface area contributed by atoms with E-state index in [4.69, 9.17) is 0 Å². The van der Waals surface area contributed by atoms with Gasteiger partial charge in [0.25, 0.3) is 11.8 Å². The number of carbonyl (C=O) groups is 2. The van der Waals surface area contributed by atoms with E-state index >= 15 is 0 Å². The topological polar surface area (TPSA) is 50.3 Å². The number of imide groups is 1. The first-order chi connectivity index (χ1) is 8.77. The largest absolute Gasteiger partial charge is 0.268 e. The summed E-state index contributed by atoms with van der Waals surface area (Å²) in [5.74, 6) is -0.577. The fraction of sp³-hybridized carbons (Fsp3) is 0. The molecule has 0 aliphatic carbocycles. The molecule has 0 atom stereocenters. The number of hydrogen-bond donors (Lipinski definition) is 0. The van der Waals surface area contributed by atoms with Crippen molar-refractivity contribution in [2.75, 3.05) is 0 Å². The van der Waals surface area contributed by atoms with Crippen molar-refractivity contribution in [3.63, 3.8) is 0 Å². The lowest BCUT2D eigenvalue weighted by Gasteiger charge is -2.05. The van der Waals surface area contributed by atoms with E-state index in [1.165, 1.54) is 17.5 Å². The number of fused-ring (bicyclic) bond motifs is 1. The number of thiazole rings is 1. The molecule has 1 aromatic heterocycles. The summed E-state index contributed by atoms with van der Waals surface area (Å²) in [7, 11) is 0. The molecule has 1 aromatic carbocycles. The van der Waals surface area contributed by atoms with Gasteiger partial charge in [-0.3, -0.25) is 9.59 Å². The predicted octanol–water partition coefficient (Wildman–Crippen LogP) is 2.41. The molecule has 0 saturated carbocycles. The second kappa shape index (κ2) is 4.19.